The minimum Gasteiger partial charge on any atom is -0.459 e. The lowest BCUT2D eigenvalue weighted by molar-refractivity contribution is 0.439. The molecular weight excluding hydrogens is 489 g/mol. The number of nitrogens with zero attached hydrogens (tertiary/aromatic N) is 2. The number of aromatic nitrogens is 1. The highest BCUT2D eigenvalue weighted by Crippen LogP contribution is 2.43. The van der Waals surface area contributed by atoms with Crippen LogP contribution in [0.25, 0.3) is 11.3 Å². The zero-order valence-electron chi connectivity index (χ0n) is 17.1. The molecule has 0 saturated carbocycles. The van der Waals surface area contributed by atoms with Crippen LogP contribution in [0.5, 0.6) is 0 Å². The first kappa shape index (κ1) is 20.8. The van der Waals surface area contributed by atoms with Gasteiger partial charge in [0.05, 0.1) is 11.7 Å². The van der Waals surface area contributed by atoms with Gasteiger partial charge in [0.25, 0.3) is 0 Å². The lowest BCUT2D eigenvalue weighted by Gasteiger charge is -2.26. The molecule has 3 heterocycles. The van der Waals surface area contributed by atoms with E-state index in [0.29, 0.717) is 10.7 Å². The number of aryl methyl sites for hydroxylation is 1. The van der Waals surface area contributed by atoms with Gasteiger partial charge in [0.1, 0.15) is 23.4 Å². The van der Waals surface area contributed by atoms with Crippen molar-refractivity contribution in [2.45, 2.75) is 19.0 Å². The molecule has 4 aromatic rings. The van der Waals surface area contributed by atoms with E-state index in [0.717, 1.165) is 32.9 Å². The van der Waals surface area contributed by atoms with Crippen LogP contribution in [0.3, 0.4) is 0 Å². The fourth-order valence-electron chi connectivity index (χ4n) is 3.98. The molecule has 0 radical (unpaired) electrons. The van der Waals surface area contributed by atoms with E-state index < -0.39 is 0 Å². The minimum absolute atomic E-state index is 0.224. The van der Waals surface area contributed by atoms with Crippen LogP contribution in [-0.2, 0) is 0 Å². The summed E-state index contributed by atoms with van der Waals surface area (Å²) in [6.45, 7) is 1.75. The maximum atomic E-state index is 14.0. The number of furan rings is 1. The first-order valence-corrected chi connectivity index (χ1v) is 11.3. The zero-order valence-corrected chi connectivity index (χ0v) is 19.5. The predicted octanol–water partition coefficient (Wildman–Crippen LogP) is 6.73. The summed E-state index contributed by atoms with van der Waals surface area (Å²) in [6, 6.07) is 22.2. The standard InChI is InChI=1S/C25H19BrFN3OS/c1-15-14-18(9-10-19(15)27)30-24(23(29-25(30)32)20-4-2-3-13-28-20)22-12-11-21(31-22)16-5-7-17(26)8-6-16/h2-14,23-24H,1H3,(H,29,32)/t23-,24+/m0/s1. The van der Waals surface area contributed by atoms with E-state index in [1.807, 2.05) is 59.5 Å². The number of rotatable bonds is 4. The van der Waals surface area contributed by atoms with E-state index in [1.165, 1.54) is 6.07 Å². The summed E-state index contributed by atoms with van der Waals surface area (Å²) in [6.07, 6.45) is 1.76. The Morgan fingerprint density at radius 2 is 1.88 bits per heavy atom. The number of pyridine rings is 1. The van der Waals surface area contributed by atoms with E-state index >= 15 is 0 Å². The van der Waals surface area contributed by atoms with Crippen LogP contribution in [0, 0.1) is 12.7 Å². The molecule has 32 heavy (non-hydrogen) atoms. The number of nitrogens with one attached hydrogen (secondary N) is 1. The van der Waals surface area contributed by atoms with E-state index in [1.54, 1.807) is 25.3 Å². The van der Waals surface area contributed by atoms with E-state index in [4.69, 9.17) is 16.6 Å². The Morgan fingerprint density at radius 1 is 1.06 bits per heavy atom. The zero-order chi connectivity index (χ0) is 22.2. The molecule has 0 amide bonds. The van der Waals surface area contributed by atoms with Crippen LogP contribution >= 0.6 is 28.1 Å². The molecule has 1 N–H and O–H groups in total. The maximum absolute atomic E-state index is 14.0. The molecule has 5 rings (SSSR count). The molecule has 7 heteroatoms. The summed E-state index contributed by atoms with van der Waals surface area (Å²) in [5.41, 5.74) is 3.18. The molecule has 1 aliphatic heterocycles. The van der Waals surface area contributed by atoms with Crippen LogP contribution < -0.4 is 10.2 Å². The second-order valence-corrected chi connectivity index (χ2v) is 8.94. The number of hydrogen-bond acceptors (Lipinski definition) is 3. The fourth-order valence-corrected chi connectivity index (χ4v) is 4.59. The van der Waals surface area contributed by atoms with Gasteiger partial charge in [-0.1, -0.05) is 34.1 Å². The van der Waals surface area contributed by atoms with Crippen LogP contribution in [0.4, 0.5) is 10.1 Å². The Hall–Kier alpha value is -3.03. The summed E-state index contributed by atoms with van der Waals surface area (Å²) in [4.78, 5) is 6.53. The minimum atomic E-state index is -0.286. The van der Waals surface area contributed by atoms with Gasteiger partial charge in [0, 0.05) is 21.9 Å². The predicted molar refractivity (Wildman–Crippen MR) is 131 cm³/mol. The lowest BCUT2D eigenvalue weighted by atomic mass is 10.0. The number of anilines is 1. The SMILES string of the molecule is Cc1cc(N2C(=S)N[C@@H](c3ccccn3)[C@H]2c2ccc(-c3ccc(Br)cc3)o2)ccc1F. The first-order chi connectivity index (χ1) is 15.5. The van der Waals surface area contributed by atoms with Crippen LogP contribution in [0.1, 0.15) is 29.1 Å². The summed E-state index contributed by atoms with van der Waals surface area (Å²) in [5.74, 6) is 1.26. The van der Waals surface area contributed by atoms with Crippen molar-refractivity contribution in [2.75, 3.05) is 4.90 Å². The number of benzene rings is 2. The molecule has 2 aromatic carbocycles. The Kier molecular flexibility index (Phi) is 5.53. The molecule has 2 aromatic heterocycles. The lowest BCUT2D eigenvalue weighted by Crippen LogP contribution is -2.29. The van der Waals surface area contributed by atoms with Crippen molar-refractivity contribution in [3.05, 3.63) is 106 Å². The Labute approximate surface area is 199 Å². The highest BCUT2D eigenvalue weighted by Gasteiger charge is 2.42. The number of hydrogen-bond donors (Lipinski definition) is 1. The average molecular weight is 508 g/mol. The molecule has 0 unspecified atom stereocenters. The van der Waals surface area contributed by atoms with Crippen molar-refractivity contribution < 1.29 is 8.81 Å². The molecule has 2 atom stereocenters. The summed E-state index contributed by atoms with van der Waals surface area (Å²) < 4.78 is 21.3. The molecule has 1 fully saturated rings. The van der Waals surface area contributed by atoms with Gasteiger partial charge in [-0.2, -0.15) is 0 Å². The third-order valence-corrected chi connectivity index (χ3v) is 6.41. The number of thiocarbonyl (C=S) groups is 1. The van der Waals surface area contributed by atoms with Crippen molar-refractivity contribution >= 4 is 38.9 Å². The van der Waals surface area contributed by atoms with Gasteiger partial charge in [0.2, 0.25) is 0 Å². The summed E-state index contributed by atoms with van der Waals surface area (Å²) >= 11 is 9.18. The second kappa shape index (κ2) is 8.48. The molecule has 4 nitrogen and oxygen atoms in total. The van der Waals surface area contributed by atoms with E-state index in [2.05, 4.69) is 26.2 Å². The van der Waals surface area contributed by atoms with Crippen molar-refractivity contribution in [3.63, 3.8) is 0 Å². The molecule has 0 spiro atoms. The van der Waals surface area contributed by atoms with Gasteiger partial charge >= 0.3 is 0 Å². The first-order valence-electron chi connectivity index (χ1n) is 10.1. The maximum Gasteiger partial charge on any atom is 0.174 e. The normalized spacial score (nSPS) is 18.1. The number of halogens is 2. The van der Waals surface area contributed by atoms with E-state index in [9.17, 15) is 4.39 Å². The van der Waals surface area contributed by atoms with E-state index in [-0.39, 0.29) is 17.9 Å². The van der Waals surface area contributed by atoms with Crippen LogP contribution in [0.15, 0.2) is 87.9 Å². The van der Waals surface area contributed by atoms with Gasteiger partial charge < -0.3 is 14.6 Å². The summed E-state index contributed by atoms with van der Waals surface area (Å²) in [7, 11) is 0. The third-order valence-electron chi connectivity index (χ3n) is 5.56. The van der Waals surface area contributed by atoms with Gasteiger partial charge in [-0.3, -0.25) is 4.98 Å². The highest BCUT2D eigenvalue weighted by atomic mass is 79.9. The average Bonchev–Trinajstić information content (AvgIpc) is 3.41. The van der Waals surface area contributed by atoms with Crippen LogP contribution in [-0.4, -0.2) is 10.1 Å². The Morgan fingerprint density at radius 3 is 2.59 bits per heavy atom. The fraction of sp³-hybridized carbons (Fsp3) is 0.120. The van der Waals surface area contributed by atoms with Gasteiger partial charge in [-0.25, -0.2) is 4.39 Å². The largest absolute Gasteiger partial charge is 0.459 e. The molecule has 1 saturated heterocycles. The third kappa shape index (κ3) is 3.82. The molecule has 160 valence electrons. The van der Waals surface area contributed by atoms with Gasteiger partial charge in [-0.15, -0.1) is 0 Å². The molecular formula is C25H19BrFN3OS. The van der Waals surface area contributed by atoms with Gasteiger partial charge in [0.15, 0.2) is 5.11 Å². The van der Waals surface area contributed by atoms with Crippen molar-refractivity contribution in [1.29, 1.82) is 0 Å². The smallest absolute Gasteiger partial charge is 0.174 e. The topological polar surface area (TPSA) is 41.3 Å². The Balaban J connectivity index is 1.60. The van der Waals surface area contributed by atoms with Crippen molar-refractivity contribution in [3.8, 4) is 11.3 Å². The van der Waals surface area contributed by atoms with Gasteiger partial charge in [-0.05, 0) is 79.3 Å². The molecule has 0 aliphatic carbocycles. The van der Waals surface area contributed by atoms with Crippen LogP contribution in [0.2, 0.25) is 0 Å². The second-order valence-electron chi connectivity index (χ2n) is 7.64. The summed E-state index contributed by atoms with van der Waals surface area (Å²) in [5, 5.41) is 3.93. The Bertz CT molecular complexity index is 1280. The van der Waals surface area contributed by atoms with Crippen molar-refractivity contribution in [1.82, 2.24) is 10.3 Å². The molecule has 1 aliphatic rings. The molecule has 0 bridgehead atoms. The van der Waals surface area contributed by atoms with Crippen molar-refractivity contribution in [2.24, 2.45) is 0 Å². The quantitative estimate of drug-likeness (QED) is 0.310. The highest BCUT2D eigenvalue weighted by molar-refractivity contribution is 9.10. The monoisotopic (exact) mass is 507 g/mol.